The molecule has 3 heterocycles. The van der Waals surface area contributed by atoms with Gasteiger partial charge in [-0.25, -0.2) is 4.98 Å². The number of rotatable bonds is 4. The first kappa shape index (κ1) is 14.0. The number of pyridine rings is 3. The molecule has 3 aromatic heterocycles. The zero-order chi connectivity index (χ0) is 15.4. The summed E-state index contributed by atoms with van der Waals surface area (Å²) >= 11 is 0. The lowest BCUT2D eigenvalue weighted by Gasteiger charge is -2.11. The molecule has 110 valence electrons. The Hall–Kier alpha value is -2.95. The Balaban J connectivity index is 1.90. The van der Waals surface area contributed by atoms with Crippen LogP contribution in [0.5, 0.6) is 0 Å². The summed E-state index contributed by atoms with van der Waals surface area (Å²) in [4.78, 5) is 12.3. The van der Waals surface area contributed by atoms with E-state index >= 15 is 0 Å². The fraction of sp³-hybridized carbons (Fsp3) is 0.118. The number of anilines is 2. The van der Waals surface area contributed by atoms with Gasteiger partial charge in [0.1, 0.15) is 11.6 Å². The number of nitrogens with zero attached hydrogens (tertiary/aromatic N) is 3. The number of hydrogen-bond acceptors (Lipinski definition) is 5. The van der Waals surface area contributed by atoms with Crippen LogP contribution in [0.25, 0.3) is 0 Å². The minimum absolute atomic E-state index is 0.479. The van der Waals surface area contributed by atoms with Gasteiger partial charge < -0.3 is 11.5 Å². The molecule has 0 aliphatic carbocycles. The summed E-state index contributed by atoms with van der Waals surface area (Å²) in [5.74, 6) is 0.959. The monoisotopic (exact) mass is 291 g/mol. The van der Waals surface area contributed by atoms with Crippen LogP contribution in [0.15, 0.2) is 55.1 Å². The maximum absolute atomic E-state index is 6.01. The van der Waals surface area contributed by atoms with E-state index in [0.717, 1.165) is 22.3 Å². The average molecular weight is 291 g/mol. The molecule has 0 saturated heterocycles. The first-order chi connectivity index (χ1) is 10.7. The molecule has 0 aromatic carbocycles. The van der Waals surface area contributed by atoms with Gasteiger partial charge in [0.15, 0.2) is 0 Å². The summed E-state index contributed by atoms with van der Waals surface area (Å²) in [5.41, 5.74) is 16.3. The summed E-state index contributed by atoms with van der Waals surface area (Å²) in [5, 5.41) is 0. The second kappa shape index (κ2) is 6.22. The molecule has 0 aliphatic rings. The van der Waals surface area contributed by atoms with Crippen LogP contribution < -0.4 is 11.5 Å². The van der Waals surface area contributed by atoms with E-state index < -0.39 is 0 Å². The van der Waals surface area contributed by atoms with Crippen LogP contribution in [-0.4, -0.2) is 15.0 Å². The fourth-order valence-electron chi connectivity index (χ4n) is 2.36. The third-order valence-electron chi connectivity index (χ3n) is 3.54. The Labute approximate surface area is 129 Å². The van der Waals surface area contributed by atoms with Gasteiger partial charge >= 0.3 is 0 Å². The SMILES string of the molecule is Nc1nc(N)c(Cc2ccncc2)cc1Cc1ccncc1. The van der Waals surface area contributed by atoms with Gasteiger partial charge in [-0.2, -0.15) is 0 Å². The van der Waals surface area contributed by atoms with Crippen molar-refractivity contribution in [1.29, 1.82) is 0 Å². The lowest BCUT2D eigenvalue weighted by Crippen LogP contribution is -2.06. The van der Waals surface area contributed by atoms with Gasteiger partial charge in [-0.05, 0) is 52.6 Å². The highest BCUT2D eigenvalue weighted by Gasteiger charge is 2.09. The molecular formula is C17H17N5. The lowest BCUT2D eigenvalue weighted by atomic mass is 10.0. The van der Waals surface area contributed by atoms with E-state index in [-0.39, 0.29) is 0 Å². The van der Waals surface area contributed by atoms with Crippen molar-refractivity contribution in [3.8, 4) is 0 Å². The maximum Gasteiger partial charge on any atom is 0.129 e. The topological polar surface area (TPSA) is 90.7 Å². The first-order valence-electron chi connectivity index (χ1n) is 7.04. The van der Waals surface area contributed by atoms with Gasteiger partial charge in [-0.15, -0.1) is 0 Å². The summed E-state index contributed by atoms with van der Waals surface area (Å²) in [6, 6.07) is 9.92. The Morgan fingerprint density at radius 2 is 1.09 bits per heavy atom. The van der Waals surface area contributed by atoms with Crippen molar-refractivity contribution in [2.45, 2.75) is 12.8 Å². The molecule has 0 atom stereocenters. The zero-order valence-corrected chi connectivity index (χ0v) is 12.1. The van der Waals surface area contributed by atoms with Crippen LogP contribution in [0, 0.1) is 0 Å². The Morgan fingerprint density at radius 1 is 0.682 bits per heavy atom. The van der Waals surface area contributed by atoms with E-state index in [0.29, 0.717) is 24.5 Å². The van der Waals surface area contributed by atoms with Gasteiger partial charge in [0, 0.05) is 37.6 Å². The molecule has 0 radical (unpaired) electrons. The van der Waals surface area contributed by atoms with E-state index in [2.05, 4.69) is 15.0 Å². The maximum atomic E-state index is 6.01. The molecule has 3 rings (SSSR count). The van der Waals surface area contributed by atoms with E-state index in [1.165, 1.54) is 0 Å². The highest BCUT2D eigenvalue weighted by Crippen LogP contribution is 2.22. The number of hydrogen-bond donors (Lipinski definition) is 2. The largest absolute Gasteiger partial charge is 0.383 e. The molecule has 4 N–H and O–H groups in total. The fourth-order valence-corrected chi connectivity index (χ4v) is 2.36. The van der Waals surface area contributed by atoms with E-state index in [1.54, 1.807) is 24.8 Å². The Kier molecular flexibility index (Phi) is 3.96. The molecule has 5 nitrogen and oxygen atoms in total. The van der Waals surface area contributed by atoms with Crippen molar-refractivity contribution in [1.82, 2.24) is 15.0 Å². The molecule has 0 bridgehead atoms. The highest BCUT2D eigenvalue weighted by molar-refractivity contribution is 5.54. The Bertz CT molecular complexity index is 694. The molecule has 5 heteroatoms. The minimum atomic E-state index is 0.479. The highest BCUT2D eigenvalue weighted by atomic mass is 14.9. The average Bonchev–Trinajstić information content (AvgIpc) is 2.54. The van der Waals surface area contributed by atoms with Crippen molar-refractivity contribution in [2.75, 3.05) is 11.5 Å². The summed E-state index contributed by atoms with van der Waals surface area (Å²) in [6.07, 6.45) is 8.51. The number of nitrogens with two attached hydrogens (primary N) is 2. The van der Waals surface area contributed by atoms with E-state index in [1.807, 2.05) is 30.3 Å². The number of aromatic nitrogens is 3. The molecule has 0 saturated carbocycles. The normalized spacial score (nSPS) is 10.5. The van der Waals surface area contributed by atoms with Crippen molar-refractivity contribution in [2.24, 2.45) is 0 Å². The summed E-state index contributed by atoms with van der Waals surface area (Å²) in [6.45, 7) is 0. The van der Waals surface area contributed by atoms with E-state index in [4.69, 9.17) is 11.5 Å². The second-order valence-corrected chi connectivity index (χ2v) is 5.14. The molecule has 0 aliphatic heterocycles. The standard InChI is InChI=1S/C17H17N5/c18-16-14(9-12-1-5-20-6-2-12)11-15(17(19)22-16)10-13-3-7-21-8-4-13/h1-8,11H,9-10H2,(H4,18,19,22). The lowest BCUT2D eigenvalue weighted by molar-refractivity contribution is 1.09. The third-order valence-corrected chi connectivity index (χ3v) is 3.54. The van der Waals surface area contributed by atoms with Gasteiger partial charge in [-0.3, -0.25) is 9.97 Å². The van der Waals surface area contributed by atoms with E-state index in [9.17, 15) is 0 Å². The van der Waals surface area contributed by atoms with Crippen molar-refractivity contribution in [3.63, 3.8) is 0 Å². The smallest absolute Gasteiger partial charge is 0.129 e. The quantitative estimate of drug-likeness (QED) is 0.769. The van der Waals surface area contributed by atoms with Gasteiger partial charge in [0.2, 0.25) is 0 Å². The molecule has 22 heavy (non-hydrogen) atoms. The molecule has 0 amide bonds. The minimum Gasteiger partial charge on any atom is -0.383 e. The van der Waals surface area contributed by atoms with Crippen LogP contribution >= 0.6 is 0 Å². The summed E-state index contributed by atoms with van der Waals surface area (Å²) in [7, 11) is 0. The van der Waals surface area contributed by atoms with Crippen LogP contribution in [0.2, 0.25) is 0 Å². The van der Waals surface area contributed by atoms with Gasteiger partial charge in [-0.1, -0.05) is 0 Å². The van der Waals surface area contributed by atoms with Crippen molar-refractivity contribution < 1.29 is 0 Å². The van der Waals surface area contributed by atoms with Crippen molar-refractivity contribution >= 4 is 11.6 Å². The van der Waals surface area contributed by atoms with Crippen LogP contribution in [0.1, 0.15) is 22.3 Å². The van der Waals surface area contributed by atoms with Gasteiger partial charge in [0.05, 0.1) is 0 Å². The predicted molar refractivity (Wildman–Crippen MR) is 87.1 cm³/mol. The predicted octanol–water partition coefficient (Wildman–Crippen LogP) is 2.22. The van der Waals surface area contributed by atoms with Gasteiger partial charge in [0.25, 0.3) is 0 Å². The third kappa shape index (κ3) is 3.20. The van der Waals surface area contributed by atoms with Crippen molar-refractivity contribution in [3.05, 3.63) is 77.4 Å². The van der Waals surface area contributed by atoms with Crippen LogP contribution in [0.4, 0.5) is 11.6 Å². The second-order valence-electron chi connectivity index (χ2n) is 5.14. The molecule has 3 aromatic rings. The van der Waals surface area contributed by atoms with Crippen LogP contribution in [0.3, 0.4) is 0 Å². The molecule has 0 unspecified atom stereocenters. The Morgan fingerprint density at radius 3 is 1.50 bits per heavy atom. The zero-order valence-electron chi connectivity index (χ0n) is 12.1. The summed E-state index contributed by atoms with van der Waals surface area (Å²) < 4.78 is 0. The first-order valence-corrected chi connectivity index (χ1v) is 7.04. The molecular weight excluding hydrogens is 274 g/mol. The molecule has 0 spiro atoms. The molecule has 0 fully saturated rings. The number of nitrogen functional groups attached to an aromatic ring is 2. The van der Waals surface area contributed by atoms with Crippen LogP contribution in [-0.2, 0) is 12.8 Å².